The minimum absolute atomic E-state index is 0.0401. The lowest BCUT2D eigenvalue weighted by molar-refractivity contribution is -0.147. The fourth-order valence-corrected chi connectivity index (χ4v) is 2.39. The number of rotatable bonds is 4. The highest BCUT2D eigenvalue weighted by molar-refractivity contribution is 5.79. The zero-order chi connectivity index (χ0) is 12.4. The molecule has 2 fully saturated rings. The molecule has 0 aromatic carbocycles. The van der Waals surface area contributed by atoms with Crippen LogP contribution in [0.5, 0.6) is 0 Å². The number of carboxylic acid groups (broad SMARTS) is 1. The molecule has 2 rings (SSSR count). The van der Waals surface area contributed by atoms with Gasteiger partial charge < -0.3 is 15.3 Å². The molecule has 5 heteroatoms. The summed E-state index contributed by atoms with van der Waals surface area (Å²) in [5.74, 6) is -0.918. The number of hydrogen-bond acceptors (Lipinski definition) is 3. The van der Waals surface area contributed by atoms with Crippen LogP contribution < -0.4 is 5.32 Å². The molecular formula is C12H20N2O3. The molecule has 17 heavy (non-hydrogen) atoms. The van der Waals surface area contributed by atoms with Crippen molar-refractivity contribution >= 4 is 11.9 Å². The van der Waals surface area contributed by atoms with Gasteiger partial charge in [0.1, 0.15) is 0 Å². The summed E-state index contributed by atoms with van der Waals surface area (Å²) in [6, 6.07) is 0.573. The predicted molar refractivity (Wildman–Crippen MR) is 62.6 cm³/mol. The first kappa shape index (κ1) is 12.4. The van der Waals surface area contributed by atoms with Crippen LogP contribution in [0.4, 0.5) is 0 Å². The molecule has 2 unspecified atom stereocenters. The lowest BCUT2D eigenvalue weighted by atomic mass is 9.92. The quantitative estimate of drug-likeness (QED) is 0.748. The average Bonchev–Trinajstić information content (AvgIpc) is 3.09. The van der Waals surface area contributed by atoms with E-state index in [2.05, 4.69) is 5.32 Å². The number of piperidine rings is 1. The van der Waals surface area contributed by atoms with Gasteiger partial charge in [-0.3, -0.25) is 9.59 Å². The Morgan fingerprint density at radius 1 is 1.35 bits per heavy atom. The van der Waals surface area contributed by atoms with E-state index >= 15 is 0 Å². The minimum Gasteiger partial charge on any atom is -0.481 e. The van der Waals surface area contributed by atoms with E-state index in [4.69, 9.17) is 5.11 Å². The molecule has 0 spiro atoms. The van der Waals surface area contributed by atoms with Gasteiger partial charge in [0.15, 0.2) is 0 Å². The summed E-state index contributed by atoms with van der Waals surface area (Å²) in [5, 5.41) is 12.2. The second-order valence-electron chi connectivity index (χ2n) is 5.15. The van der Waals surface area contributed by atoms with E-state index in [1.165, 1.54) is 12.8 Å². The Labute approximate surface area is 101 Å². The molecule has 1 amide bonds. The smallest absolute Gasteiger partial charge is 0.306 e. The number of nitrogens with zero attached hydrogens (tertiary/aromatic N) is 1. The molecule has 0 aromatic heterocycles. The summed E-state index contributed by atoms with van der Waals surface area (Å²) in [6.07, 6.45) is 3.49. The Morgan fingerprint density at radius 3 is 2.59 bits per heavy atom. The monoisotopic (exact) mass is 240 g/mol. The molecule has 2 N–H and O–H groups in total. The van der Waals surface area contributed by atoms with Crippen molar-refractivity contribution in [2.45, 2.75) is 44.7 Å². The number of hydrogen-bond donors (Lipinski definition) is 2. The Morgan fingerprint density at radius 2 is 2.06 bits per heavy atom. The zero-order valence-corrected chi connectivity index (χ0v) is 10.2. The SMILES string of the molecule is CC1CC(C(=O)O)CCN1C(=O)CNC1CC1. The van der Waals surface area contributed by atoms with Crippen molar-refractivity contribution in [1.82, 2.24) is 10.2 Å². The molecule has 1 aliphatic carbocycles. The average molecular weight is 240 g/mol. The molecule has 1 heterocycles. The fourth-order valence-electron chi connectivity index (χ4n) is 2.39. The number of likely N-dealkylation sites (tertiary alicyclic amines) is 1. The summed E-state index contributed by atoms with van der Waals surface area (Å²) < 4.78 is 0. The van der Waals surface area contributed by atoms with Gasteiger partial charge in [0.25, 0.3) is 0 Å². The van der Waals surface area contributed by atoms with Gasteiger partial charge in [-0.1, -0.05) is 0 Å². The molecule has 2 atom stereocenters. The molecule has 1 aliphatic heterocycles. The van der Waals surface area contributed by atoms with Gasteiger partial charge in [-0.05, 0) is 32.6 Å². The summed E-state index contributed by atoms with van der Waals surface area (Å²) in [6.45, 7) is 2.90. The van der Waals surface area contributed by atoms with Crippen molar-refractivity contribution in [3.63, 3.8) is 0 Å². The minimum atomic E-state index is -0.736. The van der Waals surface area contributed by atoms with E-state index in [1.807, 2.05) is 11.8 Å². The van der Waals surface area contributed by atoms with Gasteiger partial charge >= 0.3 is 5.97 Å². The predicted octanol–water partition coefficient (Wildman–Crippen LogP) is 0.450. The molecule has 96 valence electrons. The van der Waals surface area contributed by atoms with Crippen LogP contribution in [-0.4, -0.2) is 47.1 Å². The van der Waals surface area contributed by atoms with Crippen LogP contribution in [0.2, 0.25) is 0 Å². The molecule has 0 aromatic rings. The molecule has 0 radical (unpaired) electrons. The van der Waals surface area contributed by atoms with Crippen LogP contribution in [0.25, 0.3) is 0 Å². The van der Waals surface area contributed by atoms with Gasteiger partial charge in [0, 0.05) is 18.6 Å². The topological polar surface area (TPSA) is 69.6 Å². The van der Waals surface area contributed by atoms with Crippen LogP contribution in [-0.2, 0) is 9.59 Å². The Balaban J connectivity index is 1.80. The Hall–Kier alpha value is -1.10. The number of carbonyl (C=O) groups excluding carboxylic acids is 1. The molecule has 1 saturated heterocycles. The van der Waals surface area contributed by atoms with Crippen molar-refractivity contribution < 1.29 is 14.7 Å². The van der Waals surface area contributed by atoms with Gasteiger partial charge in [-0.15, -0.1) is 0 Å². The van der Waals surface area contributed by atoms with Crippen molar-refractivity contribution in [1.29, 1.82) is 0 Å². The normalized spacial score (nSPS) is 29.1. The maximum absolute atomic E-state index is 11.9. The summed E-state index contributed by atoms with van der Waals surface area (Å²) in [7, 11) is 0. The first-order valence-corrected chi connectivity index (χ1v) is 6.33. The maximum Gasteiger partial charge on any atom is 0.306 e. The standard InChI is InChI=1S/C12H20N2O3/c1-8-6-9(12(16)17)4-5-14(8)11(15)7-13-10-2-3-10/h8-10,13H,2-7H2,1H3,(H,16,17). The van der Waals surface area contributed by atoms with Crippen LogP contribution in [0.1, 0.15) is 32.6 Å². The second kappa shape index (κ2) is 5.04. The van der Waals surface area contributed by atoms with Crippen LogP contribution >= 0.6 is 0 Å². The lowest BCUT2D eigenvalue weighted by Gasteiger charge is -2.36. The molecule has 5 nitrogen and oxygen atoms in total. The van der Waals surface area contributed by atoms with Crippen LogP contribution in [0.15, 0.2) is 0 Å². The maximum atomic E-state index is 11.9. The van der Waals surface area contributed by atoms with E-state index in [9.17, 15) is 9.59 Å². The number of nitrogens with one attached hydrogen (secondary N) is 1. The number of carbonyl (C=O) groups is 2. The number of aliphatic carboxylic acids is 1. The first-order valence-electron chi connectivity index (χ1n) is 6.33. The van der Waals surface area contributed by atoms with Crippen LogP contribution in [0.3, 0.4) is 0 Å². The van der Waals surface area contributed by atoms with Gasteiger partial charge in [0.2, 0.25) is 5.91 Å². The lowest BCUT2D eigenvalue weighted by Crippen LogP contribution is -2.49. The summed E-state index contributed by atoms with van der Waals surface area (Å²) in [4.78, 5) is 24.6. The van der Waals surface area contributed by atoms with Gasteiger partial charge in [0.05, 0.1) is 12.5 Å². The third-order valence-electron chi connectivity index (χ3n) is 3.67. The molecule has 0 bridgehead atoms. The third kappa shape index (κ3) is 3.19. The zero-order valence-electron chi connectivity index (χ0n) is 10.2. The summed E-state index contributed by atoms with van der Waals surface area (Å²) >= 11 is 0. The number of carboxylic acids is 1. The van der Waals surface area contributed by atoms with Crippen molar-refractivity contribution in [3.8, 4) is 0 Å². The highest BCUT2D eigenvalue weighted by atomic mass is 16.4. The van der Waals surface area contributed by atoms with Crippen molar-refractivity contribution in [2.75, 3.05) is 13.1 Å². The Bertz CT molecular complexity index is 315. The highest BCUT2D eigenvalue weighted by Crippen LogP contribution is 2.23. The highest BCUT2D eigenvalue weighted by Gasteiger charge is 2.32. The van der Waals surface area contributed by atoms with E-state index < -0.39 is 5.97 Å². The fraction of sp³-hybridized carbons (Fsp3) is 0.833. The van der Waals surface area contributed by atoms with Crippen molar-refractivity contribution in [3.05, 3.63) is 0 Å². The van der Waals surface area contributed by atoms with Crippen molar-refractivity contribution in [2.24, 2.45) is 5.92 Å². The van der Waals surface area contributed by atoms with E-state index in [1.54, 1.807) is 0 Å². The third-order valence-corrected chi connectivity index (χ3v) is 3.67. The second-order valence-corrected chi connectivity index (χ2v) is 5.15. The van der Waals surface area contributed by atoms with Gasteiger partial charge in [-0.2, -0.15) is 0 Å². The largest absolute Gasteiger partial charge is 0.481 e. The summed E-state index contributed by atoms with van der Waals surface area (Å²) in [5.41, 5.74) is 0. The van der Waals surface area contributed by atoms with E-state index in [-0.39, 0.29) is 17.9 Å². The Kier molecular flexibility index (Phi) is 3.66. The molecule has 2 aliphatic rings. The molecule has 1 saturated carbocycles. The van der Waals surface area contributed by atoms with Gasteiger partial charge in [-0.25, -0.2) is 0 Å². The molecular weight excluding hydrogens is 220 g/mol. The first-order chi connectivity index (χ1) is 8.08. The van der Waals surface area contributed by atoms with E-state index in [0.29, 0.717) is 32.0 Å². The number of amides is 1. The van der Waals surface area contributed by atoms with Crippen LogP contribution in [0, 0.1) is 5.92 Å². The van der Waals surface area contributed by atoms with E-state index in [0.717, 1.165) is 0 Å².